The summed E-state index contributed by atoms with van der Waals surface area (Å²) in [6, 6.07) is 10.9. The molecule has 0 fully saturated rings. The third kappa shape index (κ3) is 2.68. The van der Waals surface area contributed by atoms with E-state index < -0.39 is 0 Å². The Morgan fingerprint density at radius 1 is 1.22 bits per heavy atom. The van der Waals surface area contributed by atoms with E-state index in [1.54, 1.807) is 0 Å². The number of benzene rings is 1. The third-order valence-corrected chi connectivity index (χ3v) is 5.62. The van der Waals surface area contributed by atoms with Gasteiger partial charge in [-0.3, -0.25) is 0 Å². The zero-order chi connectivity index (χ0) is 13.3. The zero-order valence-corrected chi connectivity index (χ0v) is 13.4. The topological polar surface area (TPSA) is 26.0 Å². The molecule has 96 valence electrons. The molecule has 0 saturated heterocycles. The van der Waals surface area contributed by atoms with Gasteiger partial charge in [0.05, 0.1) is 0 Å². The average Bonchev–Trinajstić information content (AvgIpc) is 2.83. The highest BCUT2D eigenvalue weighted by Crippen LogP contribution is 2.35. The van der Waals surface area contributed by atoms with Gasteiger partial charge >= 0.3 is 0 Å². The summed E-state index contributed by atoms with van der Waals surface area (Å²) in [4.78, 5) is 2.66. The molecule has 1 heterocycles. The van der Waals surface area contributed by atoms with Crippen molar-refractivity contribution in [1.29, 1.82) is 0 Å². The van der Waals surface area contributed by atoms with Gasteiger partial charge in [-0.2, -0.15) is 0 Å². The number of halogens is 1. The highest BCUT2D eigenvalue weighted by Gasteiger charge is 2.20. The van der Waals surface area contributed by atoms with E-state index in [0.717, 1.165) is 4.47 Å². The number of thiophene rings is 1. The monoisotopic (exact) mass is 323 g/mol. The Morgan fingerprint density at radius 2 is 1.94 bits per heavy atom. The second-order valence-corrected chi connectivity index (χ2v) is 7.15. The summed E-state index contributed by atoms with van der Waals surface area (Å²) in [5.41, 5.74) is 8.44. The fourth-order valence-corrected chi connectivity index (χ4v) is 3.12. The molecule has 18 heavy (non-hydrogen) atoms. The van der Waals surface area contributed by atoms with E-state index in [0.29, 0.717) is 6.54 Å². The minimum Gasteiger partial charge on any atom is -0.330 e. The van der Waals surface area contributed by atoms with Crippen LogP contribution in [0.5, 0.6) is 0 Å². The van der Waals surface area contributed by atoms with Gasteiger partial charge < -0.3 is 5.73 Å². The maximum absolute atomic E-state index is 5.83. The average molecular weight is 324 g/mol. The smallest absolute Gasteiger partial charge is 0.0345 e. The molecule has 0 spiro atoms. The van der Waals surface area contributed by atoms with Gasteiger partial charge in [0.2, 0.25) is 0 Å². The minimum absolute atomic E-state index is 0.0628. The van der Waals surface area contributed by atoms with Crippen LogP contribution in [-0.4, -0.2) is 6.54 Å². The van der Waals surface area contributed by atoms with Crippen molar-refractivity contribution in [3.05, 3.63) is 45.2 Å². The molecular formula is C15H18BrNS. The molecule has 1 nitrogen and oxygen atoms in total. The highest BCUT2D eigenvalue weighted by molar-refractivity contribution is 9.10. The number of aryl methyl sites for hydroxylation is 1. The van der Waals surface area contributed by atoms with Gasteiger partial charge in [0.1, 0.15) is 0 Å². The van der Waals surface area contributed by atoms with Gasteiger partial charge in [-0.25, -0.2) is 0 Å². The molecule has 1 aromatic heterocycles. The highest BCUT2D eigenvalue weighted by atomic mass is 79.9. The molecular weight excluding hydrogens is 306 g/mol. The lowest BCUT2D eigenvalue weighted by Crippen LogP contribution is -2.26. The quantitative estimate of drug-likeness (QED) is 0.868. The Labute approximate surface area is 121 Å². The Hall–Kier alpha value is -0.640. The van der Waals surface area contributed by atoms with Crippen molar-refractivity contribution in [2.75, 3.05) is 6.54 Å². The summed E-state index contributed by atoms with van der Waals surface area (Å²) in [6.07, 6.45) is 0. The molecule has 0 radical (unpaired) electrons. The van der Waals surface area contributed by atoms with Crippen LogP contribution in [0.3, 0.4) is 0 Å². The van der Waals surface area contributed by atoms with Gasteiger partial charge in [0.15, 0.2) is 0 Å². The van der Waals surface area contributed by atoms with Gasteiger partial charge in [-0.15, -0.1) is 11.3 Å². The molecule has 1 aromatic carbocycles. The molecule has 2 aromatic rings. The summed E-state index contributed by atoms with van der Waals surface area (Å²) < 4.78 is 1.16. The second-order valence-electron chi connectivity index (χ2n) is 5.22. The molecule has 0 unspecified atom stereocenters. The van der Waals surface area contributed by atoms with Gasteiger partial charge in [-0.1, -0.05) is 35.8 Å². The van der Waals surface area contributed by atoms with Crippen LogP contribution in [0.1, 0.15) is 24.3 Å². The van der Waals surface area contributed by atoms with Crippen LogP contribution in [0, 0.1) is 6.92 Å². The maximum atomic E-state index is 5.83. The van der Waals surface area contributed by atoms with Crippen molar-refractivity contribution in [2.24, 2.45) is 5.73 Å². The normalized spacial score (nSPS) is 11.8. The van der Waals surface area contributed by atoms with Gasteiger partial charge in [0, 0.05) is 26.2 Å². The molecule has 2 rings (SSSR count). The van der Waals surface area contributed by atoms with E-state index in [9.17, 15) is 0 Å². The first-order chi connectivity index (χ1) is 8.44. The second kappa shape index (κ2) is 5.16. The molecule has 0 aliphatic carbocycles. The maximum Gasteiger partial charge on any atom is 0.0345 e. The fraction of sp³-hybridized carbons (Fsp3) is 0.333. The van der Waals surface area contributed by atoms with Crippen LogP contribution in [0.15, 0.2) is 34.8 Å². The molecule has 0 saturated carbocycles. The van der Waals surface area contributed by atoms with Crippen LogP contribution >= 0.6 is 27.3 Å². The van der Waals surface area contributed by atoms with Gasteiger partial charge in [-0.05, 0) is 42.3 Å². The number of hydrogen-bond donors (Lipinski definition) is 1. The summed E-state index contributed by atoms with van der Waals surface area (Å²) >= 11 is 5.37. The molecule has 0 aliphatic rings. The standard InChI is InChI=1S/C15H18BrNS/c1-10-8-11(4-5-12(10)16)13-6-7-14(18-13)15(2,3)9-17/h4-8H,9,17H2,1-3H3. The largest absolute Gasteiger partial charge is 0.330 e. The molecule has 0 atom stereocenters. The first-order valence-corrected chi connectivity index (χ1v) is 7.62. The van der Waals surface area contributed by atoms with E-state index >= 15 is 0 Å². The molecule has 3 heteroatoms. The van der Waals surface area contributed by atoms with Crippen molar-refractivity contribution in [1.82, 2.24) is 0 Å². The first kappa shape index (κ1) is 13.8. The SMILES string of the molecule is Cc1cc(-c2ccc(C(C)(C)CN)s2)ccc1Br. The van der Waals surface area contributed by atoms with E-state index in [2.05, 4.69) is 67.0 Å². The van der Waals surface area contributed by atoms with E-state index in [1.165, 1.54) is 20.9 Å². The van der Waals surface area contributed by atoms with Crippen LogP contribution in [0.4, 0.5) is 0 Å². The Kier molecular flexibility index (Phi) is 3.95. The van der Waals surface area contributed by atoms with E-state index in [-0.39, 0.29) is 5.41 Å². The fourth-order valence-electron chi connectivity index (χ4n) is 1.76. The predicted octanol–water partition coefficient (Wildman–Crippen LogP) is 4.72. The van der Waals surface area contributed by atoms with Crippen molar-refractivity contribution >= 4 is 27.3 Å². The first-order valence-electron chi connectivity index (χ1n) is 6.01. The predicted molar refractivity (Wildman–Crippen MR) is 84.3 cm³/mol. The summed E-state index contributed by atoms with van der Waals surface area (Å²) in [7, 11) is 0. The lowest BCUT2D eigenvalue weighted by molar-refractivity contribution is 0.550. The number of rotatable bonds is 3. The Balaban J connectivity index is 2.38. The molecule has 0 bridgehead atoms. The van der Waals surface area contributed by atoms with Crippen molar-refractivity contribution < 1.29 is 0 Å². The van der Waals surface area contributed by atoms with Crippen LogP contribution < -0.4 is 5.73 Å². The van der Waals surface area contributed by atoms with Crippen molar-refractivity contribution in [3.8, 4) is 10.4 Å². The summed E-state index contributed by atoms with van der Waals surface area (Å²) in [5.74, 6) is 0. The van der Waals surface area contributed by atoms with Crippen molar-refractivity contribution in [2.45, 2.75) is 26.2 Å². The summed E-state index contributed by atoms with van der Waals surface area (Å²) in [6.45, 7) is 7.17. The van der Waals surface area contributed by atoms with Crippen LogP contribution in [-0.2, 0) is 5.41 Å². The number of nitrogens with two attached hydrogens (primary N) is 1. The molecule has 0 amide bonds. The lowest BCUT2D eigenvalue weighted by Gasteiger charge is -2.20. The molecule has 2 N–H and O–H groups in total. The van der Waals surface area contributed by atoms with Gasteiger partial charge in [0.25, 0.3) is 0 Å². The zero-order valence-electron chi connectivity index (χ0n) is 11.0. The van der Waals surface area contributed by atoms with Crippen LogP contribution in [0.25, 0.3) is 10.4 Å². The number of hydrogen-bond acceptors (Lipinski definition) is 2. The Morgan fingerprint density at radius 3 is 2.56 bits per heavy atom. The Bertz CT molecular complexity index is 557. The summed E-state index contributed by atoms with van der Waals surface area (Å²) in [5, 5.41) is 0. The van der Waals surface area contributed by atoms with E-state index in [4.69, 9.17) is 5.73 Å². The van der Waals surface area contributed by atoms with Crippen molar-refractivity contribution in [3.63, 3.8) is 0 Å². The third-order valence-electron chi connectivity index (χ3n) is 3.23. The minimum atomic E-state index is 0.0628. The van der Waals surface area contributed by atoms with Crippen LogP contribution in [0.2, 0.25) is 0 Å². The lowest BCUT2D eigenvalue weighted by atomic mass is 9.92. The molecule has 0 aliphatic heterocycles. The van der Waals surface area contributed by atoms with E-state index in [1.807, 2.05) is 11.3 Å².